The molecule has 130 valence electrons. The Balaban J connectivity index is 1.94. The van der Waals surface area contributed by atoms with Gasteiger partial charge in [0, 0.05) is 15.8 Å². The van der Waals surface area contributed by atoms with E-state index in [1.165, 1.54) is 11.3 Å². The topological polar surface area (TPSA) is 25.8 Å². The summed E-state index contributed by atoms with van der Waals surface area (Å²) in [5, 5.41) is 2.70. The summed E-state index contributed by atoms with van der Waals surface area (Å²) in [4.78, 5) is 8.52. The van der Waals surface area contributed by atoms with Crippen molar-refractivity contribution in [2.75, 3.05) is 0 Å². The van der Waals surface area contributed by atoms with Crippen LogP contribution in [0.15, 0.2) is 46.9 Å². The van der Waals surface area contributed by atoms with Gasteiger partial charge in [-0.05, 0) is 35.2 Å². The van der Waals surface area contributed by atoms with E-state index in [2.05, 4.69) is 9.97 Å². The molecule has 2 nitrogen and oxygen atoms in total. The summed E-state index contributed by atoms with van der Waals surface area (Å²) in [5.41, 5.74) is -0.0988. The lowest BCUT2D eigenvalue weighted by molar-refractivity contribution is -0.141. The molecule has 3 aromatic rings. The molecule has 0 radical (unpaired) electrons. The van der Waals surface area contributed by atoms with Crippen molar-refractivity contribution in [3.63, 3.8) is 0 Å². The van der Waals surface area contributed by atoms with Crippen LogP contribution in [0.1, 0.15) is 11.3 Å². The largest absolute Gasteiger partial charge is 0.433 e. The minimum atomic E-state index is -4.55. The maximum absolute atomic E-state index is 13.1. The van der Waals surface area contributed by atoms with Gasteiger partial charge in [0.2, 0.25) is 0 Å². The van der Waals surface area contributed by atoms with E-state index in [0.29, 0.717) is 20.5 Å². The average Bonchev–Trinajstić information content (AvgIpc) is 3.08. The van der Waals surface area contributed by atoms with Gasteiger partial charge < -0.3 is 0 Å². The Morgan fingerprint density at radius 2 is 1.76 bits per heavy atom. The summed E-state index contributed by atoms with van der Waals surface area (Å²) in [6.07, 6.45) is -4.55. The first kappa shape index (κ1) is 18.5. The summed E-state index contributed by atoms with van der Waals surface area (Å²) < 4.78 is 39.4. The molecule has 0 aliphatic rings. The molecule has 0 amide bonds. The SMILES string of the molecule is FC(F)(F)c1cc(-c2cccs2)nc(SCc2c(Cl)cccc2Cl)n1. The lowest BCUT2D eigenvalue weighted by Crippen LogP contribution is -2.10. The molecule has 2 aromatic heterocycles. The molecule has 0 atom stereocenters. The van der Waals surface area contributed by atoms with Crippen LogP contribution < -0.4 is 0 Å². The third-order valence-corrected chi connectivity index (χ3v) is 5.65. The lowest BCUT2D eigenvalue weighted by Gasteiger charge is -2.10. The minimum Gasteiger partial charge on any atom is -0.222 e. The maximum atomic E-state index is 13.1. The number of halogens is 5. The molecule has 1 aromatic carbocycles. The predicted octanol–water partition coefficient (Wildman–Crippen LogP) is 6.82. The van der Waals surface area contributed by atoms with Crippen molar-refractivity contribution >= 4 is 46.3 Å². The van der Waals surface area contributed by atoms with Gasteiger partial charge in [-0.2, -0.15) is 13.2 Å². The number of thioether (sulfide) groups is 1. The molecule has 0 saturated carbocycles. The Hall–Kier alpha value is -1.28. The van der Waals surface area contributed by atoms with E-state index in [1.54, 1.807) is 35.7 Å². The summed E-state index contributed by atoms with van der Waals surface area (Å²) in [5.74, 6) is 0.268. The first-order valence-corrected chi connectivity index (χ1v) is 9.52. The molecule has 0 spiro atoms. The van der Waals surface area contributed by atoms with Crippen molar-refractivity contribution in [1.82, 2.24) is 9.97 Å². The molecular weight excluding hydrogens is 412 g/mol. The standard InChI is InChI=1S/C16H9Cl2F3N2S2/c17-10-3-1-4-11(18)9(10)8-25-15-22-12(13-5-2-6-24-13)7-14(23-15)16(19,20)21/h1-7H,8H2. The average molecular weight is 421 g/mol. The highest BCUT2D eigenvalue weighted by Crippen LogP contribution is 2.35. The molecule has 2 heterocycles. The number of hydrogen-bond donors (Lipinski definition) is 0. The summed E-state index contributed by atoms with van der Waals surface area (Å²) in [6.45, 7) is 0. The maximum Gasteiger partial charge on any atom is 0.433 e. The minimum absolute atomic E-state index is 0.0224. The third-order valence-electron chi connectivity index (χ3n) is 3.18. The van der Waals surface area contributed by atoms with E-state index in [-0.39, 0.29) is 16.6 Å². The number of alkyl halides is 3. The van der Waals surface area contributed by atoms with E-state index in [9.17, 15) is 13.2 Å². The number of nitrogens with zero attached hydrogens (tertiary/aromatic N) is 2. The van der Waals surface area contributed by atoms with Crippen molar-refractivity contribution in [2.45, 2.75) is 17.1 Å². The fraction of sp³-hybridized carbons (Fsp3) is 0.125. The van der Waals surface area contributed by atoms with Crippen molar-refractivity contribution in [2.24, 2.45) is 0 Å². The van der Waals surface area contributed by atoms with Crippen molar-refractivity contribution < 1.29 is 13.2 Å². The highest BCUT2D eigenvalue weighted by Gasteiger charge is 2.34. The molecule has 9 heteroatoms. The van der Waals surface area contributed by atoms with Crippen LogP contribution in [0.5, 0.6) is 0 Å². The summed E-state index contributed by atoms with van der Waals surface area (Å²) in [7, 11) is 0. The number of thiophene rings is 1. The van der Waals surface area contributed by atoms with Crippen LogP contribution in [-0.2, 0) is 11.9 Å². The molecule has 0 aliphatic heterocycles. The second-order valence-electron chi connectivity index (χ2n) is 4.88. The van der Waals surface area contributed by atoms with Crippen molar-refractivity contribution in [3.8, 4) is 10.6 Å². The normalized spacial score (nSPS) is 11.7. The van der Waals surface area contributed by atoms with Gasteiger partial charge >= 0.3 is 6.18 Å². The van der Waals surface area contributed by atoms with Crippen LogP contribution in [-0.4, -0.2) is 9.97 Å². The summed E-state index contributed by atoms with van der Waals surface area (Å²) in [6, 6.07) is 9.48. The van der Waals surface area contributed by atoms with E-state index in [0.717, 1.165) is 17.8 Å². The summed E-state index contributed by atoms with van der Waals surface area (Å²) >= 11 is 14.6. The van der Waals surface area contributed by atoms with Crippen LogP contribution in [0.4, 0.5) is 13.2 Å². The Labute approximate surface area is 160 Å². The predicted molar refractivity (Wildman–Crippen MR) is 96.4 cm³/mol. The molecular formula is C16H9Cl2F3N2S2. The number of rotatable bonds is 4. The number of aromatic nitrogens is 2. The molecule has 25 heavy (non-hydrogen) atoms. The number of benzene rings is 1. The Morgan fingerprint density at radius 3 is 2.36 bits per heavy atom. The molecule has 0 bridgehead atoms. The zero-order chi connectivity index (χ0) is 18.0. The first-order valence-electron chi connectivity index (χ1n) is 6.90. The second kappa shape index (κ2) is 7.53. The fourth-order valence-electron chi connectivity index (χ4n) is 1.99. The van der Waals surface area contributed by atoms with Crippen LogP contribution in [0, 0.1) is 0 Å². The van der Waals surface area contributed by atoms with E-state index >= 15 is 0 Å². The number of hydrogen-bond acceptors (Lipinski definition) is 4. The third kappa shape index (κ3) is 4.47. The van der Waals surface area contributed by atoms with Gasteiger partial charge in [0.25, 0.3) is 0 Å². The van der Waals surface area contributed by atoms with Crippen molar-refractivity contribution in [1.29, 1.82) is 0 Å². The smallest absolute Gasteiger partial charge is 0.222 e. The quantitative estimate of drug-likeness (QED) is 0.341. The van der Waals surface area contributed by atoms with Crippen molar-refractivity contribution in [3.05, 3.63) is 63.1 Å². The van der Waals surface area contributed by atoms with Crippen LogP contribution >= 0.6 is 46.3 Å². The highest BCUT2D eigenvalue weighted by atomic mass is 35.5. The molecule has 3 rings (SSSR count). The van der Waals surface area contributed by atoms with E-state index in [1.807, 2.05) is 0 Å². The van der Waals surface area contributed by atoms with Gasteiger partial charge in [0.15, 0.2) is 5.16 Å². The van der Waals surface area contributed by atoms with Gasteiger partial charge in [-0.15, -0.1) is 11.3 Å². The van der Waals surface area contributed by atoms with Crippen LogP contribution in [0.3, 0.4) is 0 Å². The first-order chi connectivity index (χ1) is 11.8. The van der Waals surface area contributed by atoms with Gasteiger partial charge in [0.1, 0.15) is 5.69 Å². The van der Waals surface area contributed by atoms with Gasteiger partial charge in [-0.25, -0.2) is 9.97 Å². The zero-order valence-corrected chi connectivity index (χ0v) is 15.5. The van der Waals surface area contributed by atoms with Crippen LogP contribution in [0.25, 0.3) is 10.6 Å². The zero-order valence-electron chi connectivity index (χ0n) is 12.3. The molecule has 0 N–H and O–H groups in total. The fourth-order valence-corrected chi connectivity index (χ4v) is 4.28. The molecule has 0 fully saturated rings. The van der Waals surface area contributed by atoms with Gasteiger partial charge in [-0.3, -0.25) is 0 Å². The second-order valence-corrected chi connectivity index (χ2v) is 7.59. The lowest BCUT2D eigenvalue weighted by atomic mass is 10.2. The van der Waals surface area contributed by atoms with E-state index in [4.69, 9.17) is 23.2 Å². The Morgan fingerprint density at radius 1 is 1.04 bits per heavy atom. The molecule has 0 saturated heterocycles. The Bertz CT molecular complexity index is 863. The monoisotopic (exact) mass is 420 g/mol. The Kier molecular flexibility index (Phi) is 5.58. The van der Waals surface area contributed by atoms with E-state index < -0.39 is 11.9 Å². The van der Waals surface area contributed by atoms with Crippen LogP contribution in [0.2, 0.25) is 10.0 Å². The molecule has 0 unspecified atom stereocenters. The molecule has 0 aliphatic carbocycles. The van der Waals surface area contributed by atoms with Gasteiger partial charge in [0.05, 0.1) is 10.6 Å². The highest BCUT2D eigenvalue weighted by molar-refractivity contribution is 7.98. The van der Waals surface area contributed by atoms with Gasteiger partial charge in [-0.1, -0.05) is 47.1 Å².